The summed E-state index contributed by atoms with van der Waals surface area (Å²) in [5.41, 5.74) is 0. The molecule has 0 N–H and O–H groups in total. The minimum absolute atomic E-state index is 0.109. The maximum Gasteiger partial charge on any atom is 0.226 e. The van der Waals surface area contributed by atoms with Crippen LogP contribution in [0.25, 0.3) is 0 Å². The SMILES string of the molecule is COCCN(CC(C)C)C(=O)C(C)CCl. The van der Waals surface area contributed by atoms with Crippen molar-refractivity contribution < 1.29 is 9.53 Å². The second kappa shape index (κ2) is 7.94. The molecule has 0 aliphatic carbocycles. The van der Waals surface area contributed by atoms with Crippen LogP contribution in [0.3, 0.4) is 0 Å². The highest BCUT2D eigenvalue weighted by Crippen LogP contribution is 2.07. The number of halogens is 1. The van der Waals surface area contributed by atoms with Gasteiger partial charge in [0.25, 0.3) is 0 Å². The summed E-state index contributed by atoms with van der Waals surface area (Å²) in [7, 11) is 1.64. The van der Waals surface area contributed by atoms with Gasteiger partial charge in [-0.3, -0.25) is 4.79 Å². The van der Waals surface area contributed by atoms with Crippen LogP contribution in [0.4, 0.5) is 0 Å². The topological polar surface area (TPSA) is 29.5 Å². The number of amides is 1. The van der Waals surface area contributed by atoms with Gasteiger partial charge in [-0.05, 0) is 5.92 Å². The van der Waals surface area contributed by atoms with Crippen molar-refractivity contribution in [2.24, 2.45) is 11.8 Å². The Hall–Kier alpha value is -0.280. The Morgan fingerprint density at radius 3 is 2.40 bits per heavy atom. The monoisotopic (exact) mass is 235 g/mol. The van der Waals surface area contributed by atoms with Gasteiger partial charge >= 0.3 is 0 Å². The number of hydrogen-bond donors (Lipinski definition) is 0. The molecule has 0 radical (unpaired) electrons. The molecule has 4 heteroatoms. The van der Waals surface area contributed by atoms with Crippen molar-refractivity contribution in [1.82, 2.24) is 4.90 Å². The van der Waals surface area contributed by atoms with Crippen molar-refractivity contribution in [3.8, 4) is 0 Å². The zero-order valence-electron chi connectivity index (χ0n) is 10.1. The lowest BCUT2D eigenvalue weighted by atomic mass is 10.1. The van der Waals surface area contributed by atoms with Crippen LogP contribution in [-0.4, -0.2) is 43.5 Å². The van der Waals surface area contributed by atoms with Crippen LogP contribution >= 0.6 is 11.6 Å². The lowest BCUT2D eigenvalue weighted by molar-refractivity contribution is -0.135. The average molecular weight is 236 g/mol. The Morgan fingerprint density at radius 2 is 2.00 bits per heavy atom. The number of methoxy groups -OCH3 is 1. The van der Waals surface area contributed by atoms with Crippen LogP contribution in [0.15, 0.2) is 0 Å². The summed E-state index contributed by atoms with van der Waals surface area (Å²) in [6, 6.07) is 0. The largest absolute Gasteiger partial charge is 0.383 e. The van der Waals surface area contributed by atoms with Crippen LogP contribution in [0.2, 0.25) is 0 Å². The summed E-state index contributed by atoms with van der Waals surface area (Å²) in [4.78, 5) is 13.7. The van der Waals surface area contributed by atoms with Gasteiger partial charge in [0.15, 0.2) is 0 Å². The van der Waals surface area contributed by atoms with Gasteiger partial charge < -0.3 is 9.64 Å². The number of nitrogens with zero attached hydrogens (tertiary/aromatic N) is 1. The first-order valence-electron chi connectivity index (χ1n) is 5.36. The van der Waals surface area contributed by atoms with Crippen molar-refractivity contribution in [3.63, 3.8) is 0 Å². The lowest BCUT2D eigenvalue weighted by Crippen LogP contribution is -2.40. The maximum absolute atomic E-state index is 11.9. The molecule has 15 heavy (non-hydrogen) atoms. The summed E-state index contributed by atoms with van der Waals surface area (Å²) < 4.78 is 4.99. The van der Waals surface area contributed by atoms with Crippen molar-refractivity contribution in [2.45, 2.75) is 20.8 Å². The van der Waals surface area contributed by atoms with E-state index in [1.165, 1.54) is 0 Å². The molecule has 90 valence electrons. The maximum atomic E-state index is 11.9. The van der Waals surface area contributed by atoms with Crippen LogP contribution in [0, 0.1) is 11.8 Å². The molecule has 0 saturated heterocycles. The fourth-order valence-corrected chi connectivity index (χ4v) is 1.44. The molecule has 0 aliphatic rings. The highest BCUT2D eigenvalue weighted by Gasteiger charge is 2.19. The Balaban J connectivity index is 4.26. The predicted octanol–water partition coefficient (Wildman–Crippen LogP) is 1.99. The van der Waals surface area contributed by atoms with E-state index in [0.717, 1.165) is 6.54 Å². The summed E-state index contributed by atoms with van der Waals surface area (Å²) in [5, 5.41) is 0. The highest BCUT2D eigenvalue weighted by molar-refractivity contribution is 6.19. The summed E-state index contributed by atoms with van der Waals surface area (Å²) in [6.07, 6.45) is 0. The molecule has 0 heterocycles. The Labute approximate surface area is 97.7 Å². The zero-order chi connectivity index (χ0) is 11.8. The third-order valence-corrected chi connectivity index (χ3v) is 2.58. The fourth-order valence-electron chi connectivity index (χ4n) is 1.31. The van der Waals surface area contributed by atoms with Gasteiger partial charge in [0, 0.05) is 32.0 Å². The molecule has 0 rings (SSSR count). The highest BCUT2D eigenvalue weighted by atomic mass is 35.5. The van der Waals surface area contributed by atoms with E-state index < -0.39 is 0 Å². The summed E-state index contributed by atoms with van der Waals surface area (Å²) in [6.45, 7) is 8.04. The first-order valence-corrected chi connectivity index (χ1v) is 5.90. The molecule has 1 atom stereocenters. The molecular formula is C11H22ClNO2. The molecule has 0 spiro atoms. The van der Waals surface area contributed by atoms with Gasteiger partial charge in [0.1, 0.15) is 0 Å². The Kier molecular flexibility index (Phi) is 7.79. The van der Waals surface area contributed by atoms with E-state index >= 15 is 0 Å². The van der Waals surface area contributed by atoms with Crippen molar-refractivity contribution in [3.05, 3.63) is 0 Å². The van der Waals surface area contributed by atoms with E-state index in [2.05, 4.69) is 13.8 Å². The Bertz CT molecular complexity index is 185. The molecule has 0 bridgehead atoms. The number of carbonyl (C=O) groups is 1. The van der Waals surface area contributed by atoms with E-state index in [0.29, 0.717) is 24.9 Å². The summed E-state index contributed by atoms with van der Waals surface area (Å²) in [5.74, 6) is 0.854. The number of rotatable bonds is 7. The minimum Gasteiger partial charge on any atom is -0.383 e. The average Bonchev–Trinajstić information content (AvgIpc) is 2.21. The van der Waals surface area contributed by atoms with Gasteiger partial charge in [0.2, 0.25) is 5.91 Å². The van der Waals surface area contributed by atoms with E-state index in [1.807, 2.05) is 11.8 Å². The van der Waals surface area contributed by atoms with E-state index in [9.17, 15) is 4.79 Å². The van der Waals surface area contributed by atoms with Gasteiger partial charge in [-0.1, -0.05) is 20.8 Å². The standard InChI is InChI=1S/C11H22ClNO2/c1-9(2)8-13(5-6-15-4)11(14)10(3)7-12/h9-10H,5-8H2,1-4H3. The first kappa shape index (κ1) is 14.7. The van der Waals surface area contributed by atoms with Crippen LogP contribution in [-0.2, 0) is 9.53 Å². The van der Waals surface area contributed by atoms with Gasteiger partial charge in [0.05, 0.1) is 6.61 Å². The number of carbonyl (C=O) groups excluding carboxylic acids is 1. The van der Waals surface area contributed by atoms with Gasteiger partial charge in [-0.2, -0.15) is 0 Å². The first-order chi connectivity index (χ1) is 7.02. The number of hydrogen-bond acceptors (Lipinski definition) is 2. The molecule has 0 aliphatic heterocycles. The normalized spacial score (nSPS) is 12.9. The fraction of sp³-hybridized carbons (Fsp3) is 0.909. The van der Waals surface area contributed by atoms with Crippen molar-refractivity contribution in [2.75, 3.05) is 32.7 Å². The quantitative estimate of drug-likeness (QED) is 0.632. The lowest BCUT2D eigenvalue weighted by Gasteiger charge is -2.26. The Morgan fingerprint density at radius 1 is 1.40 bits per heavy atom. The van der Waals surface area contributed by atoms with Crippen molar-refractivity contribution >= 4 is 17.5 Å². The smallest absolute Gasteiger partial charge is 0.226 e. The van der Waals surface area contributed by atoms with Gasteiger partial charge in [-0.15, -0.1) is 11.6 Å². The van der Waals surface area contributed by atoms with Crippen molar-refractivity contribution in [1.29, 1.82) is 0 Å². The molecule has 0 aromatic carbocycles. The second-order valence-electron chi connectivity index (χ2n) is 4.23. The molecule has 1 unspecified atom stereocenters. The number of alkyl halides is 1. The molecule has 1 amide bonds. The molecule has 0 fully saturated rings. The van der Waals surface area contributed by atoms with E-state index in [-0.39, 0.29) is 11.8 Å². The second-order valence-corrected chi connectivity index (χ2v) is 4.53. The van der Waals surface area contributed by atoms with Crippen LogP contribution in [0.5, 0.6) is 0 Å². The molecule has 3 nitrogen and oxygen atoms in total. The van der Waals surface area contributed by atoms with Crippen LogP contribution in [0.1, 0.15) is 20.8 Å². The zero-order valence-corrected chi connectivity index (χ0v) is 10.9. The van der Waals surface area contributed by atoms with E-state index in [4.69, 9.17) is 16.3 Å². The molecule has 0 saturated carbocycles. The number of ether oxygens (including phenoxy) is 1. The molecule has 0 aromatic rings. The third-order valence-electron chi connectivity index (χ3n) is 2.12. The van der Waals surface area contributed by atoms with Crippen LogP contribution < -0.4 is 0 Å². The summed E-state index contributed by atoms with van der Waals surface area (Å²) >= 11 is 5.68. The van der Waals surface area contributed by atoms with E-state index in [1.54, 1.807) is 7.11 Å². The molecule has 0 aromatic heterocycles. The van der Waals surface area contributed by atoms with Gasteiger partial charge in [-0.25, -0.2) is 0 Å². The predicted molar refractivity (Wildman–Crippen MR) is 63.2 cm³/mol. The third kappa shape index (κ3) is 6.00. The minimum atomic E-state index is -0.109. The molecular weight excluding hydrogens is 214 g/mol.